The Morgan fingerprint density at radius 3 is 1.61 bits per heavy atom. The molecule has 0 aromatic heterocycles. The highest BCUT2D eigenvalue weighted by Gasteiger charge is 2.25. The summed E-state index contributed by atoms with van der Waals surface area (Å²) in [5.74, 6) is -1.82. The van der Waals surface area contributed by atoms with Crippen molar-refractivity contribution >= 4 is 43.6 Å². The fourth-order valence-corrected chi connectivity index (χ4v) is 4.45. The second-order valence-electron chi connectivity index (χ2n) is 12.8. The quantitative estimate of drug-likeness (QED) is 0.0354. The summed E-state index contributed by atoms with van der Waals surface area (Å²) >= 11 is 0. The first-order valence-corrected chi connectivity index (χ1v) is 20.5. The number of aliphatic hydroxyl groups is 1. The molecule has 0 saturated carbocycles. The minimum atomic E-state index is -0.883. The molecule has 0 fully saturated rings. The Labute approximate surface area is 345 Å². The molecule has 336 valence electrons. The van der Waals surface area contributed by atoms with Crippen molar-refractivity contribution in [3.05, 3.63) is 0 Å². The molecular formula is C40H80BN3O13. The van der Waals surface area contributed by atoms with Crippen molar-refractivity contribution in [2.45, 2.75) is 132 Å². The predicted octanol–water partition coefficient (Wildman–Crippen LogP) is 4.28. The number of aliphatic carboxylic acids is 3. The number of carboxylic acid groups (broad SMARTS) is 3. The number of aldehydes is 1. The third-order valence-corrected chi connectivity index (χ3v) is 7.74. The van der Waals surface area contributed by atoms with Gasteiger partial charge in [-0.15, -0.1) is 0 Å². The van der Waals surface area contributed by atoms with Crippen LogP contribution in [0.25, 0.3) is 0 Å². The number of carbonyl (C=O) groups is 6. The van der Waals surface area contributed by atoms with E-state index >= 15 is 0 Å². The third-order valence-electron chi connectivity index (χ3n) is 7.74. The van der Waals surface area contributed by atoms with Crippen LogP contribution in [0.3, 0.4) is 0 Å². The summed E-state index contributed by atoms with van der Waals surface area (Å²) in [5.41, 5.74) is -0.395. The van der Waals surface area contributed by atoms with Crippen molar-refractivity contribution < 1.29 is 63.4 Å². The van der Waals surface area contributed by atoms with E-state index in [-0.39, 0.29) is 44.7 Å². The molecule has 0 aliphatic carbocycles. The molecule has 0 saturated heterocycles. The number of unbranched alkanes of at least 4 members (excludes halogenated alkanes) is 2. The van der Waals surface area contributed by atoms with Gasteiger partial charge in [-0.05, 0) is 64.2 Å². The lowest BCUT2D eigenvalue weighted by Crippen LogP contribution is -2.43. The first-order chi connectivity index (χ1) is 27.2. The maximum Gasteiger partial charge on any atom is 0.320 e. The SMILES string of the molecule is CCC(=O)O.CCC=O.CCCCCN(CCC(C)CC)CC(=O)O.CO.[B]C(=O)CCOCCOCCOCCNC(=O)CCC(C(=O)O)N(CCC)CCC. The molecule has 57 heavy (non-hydrogen) atoms. The lowest BCUT2D eigenvalue weighted by molar-refractivity contribution is -0.144. The second kappa shape index (κ2) is 51.1. The number of aliphatic hydroxyl groups excluding tert-OH is 1. The minimum Gasteiger partial charge on any atom is -0.481 e. The van der Waals surface area contributed by atoms with Gasteiger partial charge in [0, 0.05) is 39.3 Å². The Morgan fingerprint density at radius 1 is 0.702 bits per heavy atom. The van der Waals surface area contributed by atoms with Crippen LogP contribution in [0.4, 0.5) is 0 Å². The van der Waals surface area contributed by atoms with Gasteiger partial charge >= 0.3 is 17.9 Å². The number of nitrogens with zero attached hydrogens (tertiary/aromatic N) is 2. The highest BCUT2D eigenvalue weighted by molar-refractivity contribution is 6.57. The summed E-state index contributed by atoms with van der Waals surface area (Å²) in [5, 5.41) is 35.8. The van der Waals surface area contributed by atoms with E-state index in [1.807, 2.05) is 25.7 Å². The van der Waals surface area contributed by atoms with E-state index in [9.17, 15) is 33.9 Å². The largest absolute Gasteiger partial charge is 0.481 e. The Kier molecular flexibility index (Phi) is 56.6. The van der Waals surface area contributed by atoms with E-state index in [0.717, 1.165) is 52.2 Å². The van der Waals surface area contributed by atoms with E-state index in [1.165, 1.54) is 19.3 Å². The Morgan fingerprint density at radius 2 is 1.21 bits per heavy atom. The van der Waals surface area contributed by atoms with Crippen molar-refractivity contribution in [2.24, 2.45) is 5.92 Å². The van der Waals surface area contributed by atoms with Crippen molar-refractivity contribution in [2.75, 3.05) is 86.0 Å². The lowest BCUT2D eigenvalue weighted by atomic mass is 10.0. The maximum atomic E-state index is 12.0. The Hall–Kier alpha value is -2.96. The van der Waals surface area contributed by atoms with Gasteiger partial charge in [-0.25, -0.2) is 0 Å². The smallest absolute Gasteiger partial charge is 0.320 e. The van der Waals surface area contributed by atoms with Crippen LogP contribution in [0.15, 0.2) is 0 Å². The molecule has 17 heteroatoms. The van der Waals surface area contributed by atoms with Gasteiger partial charge in [0.05, 0.1) is 51.9 Å². The summed E-state index contributed by atoms with van der Waals surface area (Å²) in [6.45, 7) is 20.1. The first kappa shape index (κ1) is 63.2. The number of hydrogen-bond acceptors (Lipinski definition) is 12. The zero-order valence-corrected chi connectivity index (χ0v) is 36.6. The molecule has 16 nitrogen and oxygen atoms in total. The Balaban J connectivity index is -0.000000276. The molecule has 5 N–H and O–H groups in total. The molecule has 0 aromatic carbocycles. The van der Waals surface area contributed by atoms with Gasteiger partial charge in [-0.3, -0.25) is 29.0 Å². The number of ether oxygens (including phenoxy) is 3. The fraction of sp³-hybridized carbons (Fsp3) is 0.850. The van der Waals surface area contributed by atoms with Crippen LogP contribution in [0, 0.1) is 5.92 Å². The zero-order chi connectivity index (χ0) is 44.7. The van der Waals surface area contributed by atoms with Gasteiger partial charge in [-0.2, -0.15) is 0 Å². The van der Waals surface area contributed by atoms with Gasteiger partial charge in [0.1, 0.15) is 12.3 Å². The summed E-state index contributed by atoms with van der Waals surface area (Å²) in [4.78, 5) is 67.3. The number of rotatable bonds is 33. The molecule has 0 heterocycles. The van der Waals surface area contributed by atoms with Crippen LogP contribution in [0.2, 0.25) is 0 Å². The van der Waals surface area contributed by atoms with Gasteiger partial charge in [0.2, 0.25) is 5.91 Å². The summed E-state index contributed by atoms with van der Waals surface area (Å²) in [7, 11) is 5.99. The minimum absolute atomic E-state index is 0.166. The predicted molar refractivity (Wildman–Crippen MR) is 224 cm³/mol. The molecule has 1 amide bonds. The van der Waals surface area contributed by atoms with Gasteiger partial charge in [-0.1, -0.05) is 67.7 Å². The van der Waals surface area contributed by atoms with E-state index in [4.69, 9.17) is 37.4 Å². The monoisotopic (exact) mass is 822 g/mol. The average Bonchev–Trinajstić information content (AvgIpc) is 3.18. The van der Waals surface area contributed by atoms with Crippen molar-refractivity contribution in [1.82, 2.24) is 15.1 Å². The fourth-order valence-electron chi connectivity index (χ4n) is 4.45. The molecule has 0 rings (SSSR count). The van der Waals surface area contributed by atoms with Crippen LogP contribution in [0.5, 0.6) is 0 Å². The molecule has 0 bridgehead atoms. The average molecular weight is 822 g/mol. The van der Waals surface area contributed by atoms with E-state index in [2.05, 4.69) is 31.0 Å². The summed E-state index contributed by atoms with van der Waals surface area (Å²) in [6.07, 6.45) is 9.92. The van der Waals surface area contributed by atoms with Gasteiger partial charge < -0.3 is 49.5 Å². The summed E-state index contributed by atoms with van der Waals surface area (Å²) in [6, 6.07) is -0.635. The van der Waals surface area contributed by atoms with Crippen LogP contribution in [-0.4, -0.2) is 166 Å². The van der Waals surface area contributed by atoms with Gasteiger partial charge in [0.25, 0.3) is 0 Å². The molecule has 0 aliphatic rings. The normalized spacial score (nSPS) is 11.2. The number of carboxylic acids is 3. The standard InChI is InChI=1S/C20H37BN2O7.C13H27NO2.C3H6O2.C3H6O.CH4O/c1-3-9-23(10-4-2)17(20(26)27)5-6-19(25)22-8-12-29-14-16-30-15-13-28-11-7-18(21)24;1-4-6-7-9-14(11-13(15)16)10-8-12(3)5-2;1-2-3(4)5;1-2-3-4;1-2/h17H,3-16H2,1-2H3,(H,22,25)(H,26,27);12H,4-11H2,1-3H3,(H,15,16);2H2,1H3,(H,4,5);3H,2H2,1H3;2H,1H3. The number of nitrogens with one attached hydrogen (secondary N) is 1. The van der Waals surface area contributed by atoms with Crippen LogP contribution in [0.1, 0.15) is 126 Å². The lowest BCUT2D eigenvalue weighted by Gasteiger charge is -2.28. The molecule has 0 spiro atoms. The summed E-state index contributed by atoms with van der Waals surface area (Å²) < 4.78 is 15.8. The Bertz CT molecular complexity index is 942. The highest BCUT2D eigenvalue weighted by Crippen LogP contribution is 2.10. The van der Waals surface area contributed by atoms with Crippen molar-refractivity contribution in [3.8, 4) is 0 Å². The first-order valence-electron chi connectivity index (χ1n) is 20.5. The van der Waals surface area contributed by atoms with Gasteiger partial charge in [0.15, 0.2) is 7.85 Å². The van der Waals surface area contributed by atoms with Crippen molar-refractivity contribution in [3.63, 3.8) is 0 Å². The third kappa shape index (κ3) is 55.2. The highest BCUT2D eigenvalue weighted by atomic mass is 16.5. The van der Waals surface area contributed by atoms with Crippen LogP contribution < -0.4 is 5.32 Å². The van der Waals surface area contributed by atoms with E-state index in [1.54, 1.807) is 6.92 Å². The topological polar surface area (TPSA) is 230 Å². The molecule has 0 aliphatic heterocycles. The van der Waals surface area contributed by atoms with Crippen LogP contribution in [-0.2, 0) is 43.0 Å². The number of hydrogen-bond donors (Lipinski definition) is 5. The molecule has 0 aromatic rings. The molecular weight excluding hydrogens is 741 g/mol. The van der Waals surface area contributed by atoms with E-state index < -0.39 is 29.6 Å². The number of amides is 1. The van der Waals surface area contributed by atoms with Crippen molar-refractivity contribution in [1.29, 1.82) is 0 Å². The molecule has 2 unspecified atom stereocenters. The zero-order valence-electron chi connectivity index (χ0n) is 36.6. The molecule has 2 atom stereocenters. The second-order valence-corrected chi connectivity index (χ2v) is 12.8. The van der Waals surface area contributed by atoms with E-state index in [0.29, 0.717) is 65.0 Å². The van der Waals surface area contributed by atoms with Crippen LogP contribution >= 0.6 is 0 Å². The maximum absolute atomic E-state index is 12.0. The molecule has 2 radical (unpaired) electrons. The number of carbonyl (C=O) groups excluding carboxylic acids is 3.